The Morgan fingerprint density at radius 1 is 0.903 bits per heavy atom. The van der Waals surface area contributed by atoms with Gasteiger partial charge in [-0.05, 0) is 59.9 Å². The van der Waals surface area contributed by atoms with Crippen LogP contribution in [0, 0.1) is 5.92 Å². The summed E-state index contributed by atoms with van der Waals surface area (Å²) >= 11 is 0. The van der Waals surface area contributed by atoms with Crippen LogP contribution < -0.4 is 9.47 Å². The lowest BCUT2D eigenvalue weighted by Gasteiger charge is -2.34. The molecular weight excluding hydrogens is 402 g/mol. The predicted molar refractivity (Wildman–Crippen MR) is 114 cm³/mol. The van der Waals surface area contributed by atoms with Crippen LogP contribution in [0.2, 0.25) is 0 Å². The summed E-state index contributed by atoms with van der Waals surface area (Å²) in [7, 11) is 0. The van der Waals surface area contributed by atoms with Gasteiger partial charge >= 0.3 is 12.6 Å². The molecule has 0 aliphatic rings. The highest BCUT2D eigenvalue weighted by molar-refractivity contribution is 5.82. The molecule has 162 valence electrons. The van der Waals surface area contributed by atoms with Gasteiger partial charge in [0.25, 0.3) is 0 Å². The number of carboxylic acid groups (broad SMARTS) is 1. The van der Waals surface area contributed by atoms with Crippen LogP contribution in [0.25, 0.3) is 0 Å². The molecule has 3 rings (SSSR count). The van der Waals surface area contributed by atoms with E-state index in [1.165, 1.54) is 24.3 Å². The van der Waals surface area contributed by atoms with Gasteiger partial charge in [-0.2, -0.15) is 8.78 Å². The third-order valence-electron chi connectivity index (χ3n) is 5.32. The molecule has 1 N–H and O–H groups in total. The monoisotopic (exact) mass is 426 g/mol. The molecule has 0 aliphatic carbocycles. The predicted octanol–water partition coefficient (Wildman–Crippen LogP) is 6.30. The average molecular weight is 426 g/mol. The number of carbonyl (C=O) groups is 1. The number of alkyl halides is 2. The van der Waals surface area contributed by atoms with E-state index in [1.54, 1.807) is 0 Å². The van der Waals surface area contributed by atoms with E-state index >= 15 is 0 Å². The molecule has 0 aromatic heterocycles. The maximum atomic E-state index is 12.5. The molecule has 3 aromatic rings. The van der Waals surface area contributed by atoms with E-state index in [1.807, 2.05) is 68.4 Å². The summed E-state index contributed by atoms with van der Waals surface area (Å²) in [5.41, 5.74) is 0.0535. The summed E-state index contributed by atoms with van der Waals surface area (Å²) in [5.74, 6) is 0.0140. The molecule has 4 nitrogen and oxygen atoms in total. The highest BCUT2D eigenvalue weighted by Gasteiger charge is 2.43. The number of hydrogen-bond donors (Lipinski definition) is 1. The average Bonchev–Trinajstić information content (AvgIpc) is 2.73. The maximum absolute atomic E-state index is 12.5. The lowest BCUT2D eigenvalue weighted by molar-refractivity contribution is -0.145. The van der Waals surface area contributed by atoms with Crippen LogP contribution in [0.5, 0.6) is 17.2 Å². The first-order valence-corrected chi connectivity index (χ1v) is 9.92. The Morgan fingerprint density at radius 3 is 2.13 bits per heavy atom. The summed E-state index contributed by atoms with van der Waals surface area (Å²) in [6.45, 7) is 0.733. The summed E-state index contributed by atoms with van der Waals surface area (Å²) in [6, 6.07) is 22.4. The number of hydrogen-bond acceptors (Lipinski definition) is 3. The molecule has 1 unspecified atom stereocenters. The van der Waals surface area contributed by atoms with Crippen LogP contribution in [-0.4, -0.2) is 17.7 Å². The lowest BCUT2D eigenvalue weighted by atomic mass is 9.68. The molecule has 0 saturated carbocycles. The highest BCUT2D eigenvalue weighted by atomic mass is 19.3. The van der Waals surface area contributed by atoms with Crippen molar-refractivity contribution < 1.29 is 28.2 Å². The summed E-state index contributed by atoms with van der Waals surface area (Å²) in [5, 5.41) is 10.2. The van der Waals surface area contributed by atoms with Crippen molar-refractivity contribution in [3.63, 3.8) is 0 Å². The van der Waals surface area contributed by atoms with E-state index in [2.05, 4.69) is 4.74 Å². The van der Waals surface area contributed by atoms with Crippen molar-refractivity contribution in [1.29, 1.82) is 0 Å². The molecule has 0 radical (unpaired) electrons. The largest absolute Gasteiger partial charge is 0.481 e. The van der Waals surface area contributed by atoms with Crippen LogP contribution in [-0.2, 0) is 16.6 Å². The van der Waals surface area contributed by atoms with E-state index < -0.39 is 18.0 Å². The van der Waals surface area contributed by atoms with E-state index in [-0.39, 0.29) is 18.1 Å². The number of ether oxygens (including phenoxy) is 2. The van der Waals surface area contributed by atoms with E-state index in [0.29, 0.717) is 17.1 Å². The molecule has 1 atom stereocenters. The molecule has 0 aliphatic heterocycles. The number of rotatable bonds is 9. The van der Waals surface area contributed by atoms with Crippen molar-refractivity contribution in [3.05, 3.63) is 90.0 Å². The zero-order valence-corrected chi connectivity index (χ0v) is 17.3. The molecule has 31 heavy (non-hydrogen) atoms. The molecular formula is C25H24F2O4. The summed E-state index contributed by atoms with van der Waals surface area (Å²) in [4.78, 5) is 12.5. The van der Waals surface area contributed by atoms with Gasteiger partial charge in [0.15, 0.2) is 0 Å². The first kappa shape index (κ1) is 22.3. The summed E-state index contributed by atoms with van der Waals surface area (Å²) < 4.78 is 35.2. The number of benzene rings is 3. The number of aliphatic carboxylic acids is 1. The Morgan fingerprint density at radius 2 is 1.55 bits per heavy atom. The van der Waals surface area contributed by atoms with Crippen LogP contribution in [0.3, 0.4) is 0 Å². The van der Waals surface area contributed by atoms with Crippen LogP contribution in [0.15, 0.2) is 78.9 Å². The molecule has 0 heterocycles. The minimum absolute atomic E-state index is 0.0138. The molecule has 0 fully saturated rings. The fraction of sp³-hybridized carbons (Fsp3) is 0.240. The Balaban J connectivity index is 1.93. The number of para-hydroxylation sites is 1. The fourth-order valence-corrected chi connectivity index (χ4v) is 3.68. The van der Waals surface area contributed by atoms with E-state index in [4.69, 9.17) is 4.74 Å². The Hall–Kier alpha value is -3.41. The van der Waals surface area contributed by atoms with Crippen molar-refractivity contribution in [2.24, 2.45) is 5.92 Å². The van der Waals surface area contributed by atoms with Crippen LogP contribution in [0.1, 0.15) is 25.0 Å². The van der Waals surface area contributed by atoms with Crippen molar-refractivity contribution in [3.8, 4) is 17.2 Å². The first-order chi connectivity index (χ1) is 14.8. The zero-order valence-electron chi connectivity index (χ0n) is 17.3. The lowest BCUT2D eigenvalue weighted by Crippen LogP contribution is -2.43. The van der Waals surface area contributed by atoms with Gasteiger partial charge in [-0.15, -0.1) is 0 Å². The van der Waals surface area contributed by atoms with Crippen molar-refractivity contribution in [2.45, 2.75) is 32.3 Å². The first-order valence-electron chi connectivity index (χ1n) is 9.92. The van der Waals surface area contributed by atoms with Gasteiger partial charge < -0.3 is 14.6 Å². The van der Waals surface area contributed by atoms with Gasteiger partial charge in [-0.3, -0.25) is 4.79 Å². The van der Waals surface area contributed by atoms with E-state index in [9.17, 15) is 18.7 Å². The van der Waals surface area contributed by atoms with Gasteiger partial charge in [-0.1, -0.05) is 56.3 Å². The van der Waals surface area contributed by atoms with Crippen molar-refractivity contribution >= 4 is 5.97 Å². The number of carboxylic acids is 1. The second-order valence-electron chi connectivity index (χ2n) is 7.57. The van der Waals surface area contributed by atoms with Gasteiger partial charge in [0.1, 0.15) is 17.2 Å². The molecule has 6 heteroatoms. The second-order valence-corrected chi connectivity index (χ2v) is 7.57. The number of halogens is 2. The minimum Gasteiger partial charge on any atom is -0.481 e. The normalized spacial score (nSPS) is 13.1. The van der Waals surface area contributed by atoms with Gasteiger partial charge in [0.05, 0.1) is 5.41 Å². The minimum atomic E-state index is -2.94. The SMILES string of the molecule is CC(C)C(Cc1cccc(Oc2ccccc2)c1)(C(=O)O)c1ccc(OC(F)F)cc1. The molecule has 3 aromatic carbocycles. The zero-order chi connectivity index (χ0) is 22.4. The van der Waals surface area contributed by atoms with Gasteiger partial charge in [0.2, 0.25) is 0 Å². The second kappa shape index (κ2) is 9.60. The van der Waals surface area contributed by atoms with Crippen LogP contribution in [0.4, 0.5) is 8.78 Å². The smallest absolute Gasteiger partial charge is 0.387 e. The highest BCUT2D eigenvalue weighted by Crippen LogP contribution is 2.38. The van der Waals surface area contributed by atoms with Crippen molar-refractivity contribution in [2.75, 3.05) is 0 Å². The van der Waals surface area contributed by atoms with Gasteiger partial charge in [-0.25, -0.2) is 0 Å². The van der Waals surface area contributed by atoms with Gasteiger partial charge in [0, 0.05) is 0 Å². The standard InChI is InChI=1S/C25H24F2O4/c1-17(2)25(23(28)29,19-11-13-21(14-12-19)31-24(26)27)16-18-7-6-10-22(15-18)30-20-8-4-3-5-9-20/h3-15,17,24H,16H2,1-2H3,(H,28,29). The maximum Gasteiger partial charge on any atom is 0.387 e. The molecule has 0 saturated heterocycles. The Bertz CT molecular complexity index is 1000. The molecule has 0 spiro atoms. The molecule has 0 bridgehead atoms. The van der Waals surface area contributed by atoms with E-state index in [0.717, 1.165) is 5.56 Å². The Kier molecular flexibility index (Phi) is 6.90. The third-order valence-corrected chi connectivity index (χ3v) is 5.32. The fourth-order valence-electron chi connectivity index (χ4n) is 3.68. The summed E-state index contributed by atoms with van der Waals surface area (Å²) in [6.07, 6.45) is 0.209. The third kappa shape index (κ3) is 5.20. The van der Waals surface area contributed by atoms with Crippen LogP contribution >= 0.6 is 0 Å². The quantitative estimate of drug-likeness (QED) is 0.436. The Labute approximate surface area is 180 Å². The van der Waals surface area contributed by atoms with Crippen molar-refractivity contribution in [1.82, 2.24) is 0 Å². The molecule has 0 amide bonds. The topological polar surface area (TPSA) is 55.8 Å².